The maximum Gasteiger partial charge on any atom is 0.0730 e. The van der Waals surface area contributed by atoms with Crippen LogP contribution < -0.4 is 4.90 Å². The van der Waals surface area contributed by atoms with Crippen molar-refractivity contribution in [3.8, 4) is 11.3 Å². The second kappa shape index (κ2) is 7.03. The van der Waals surface area contributed by atoms with E-state index in [9.17, 15) is 5.11 Å². The molecule has 1 aliphatic rings. The van der Waals surface area contributed by atoms with Gasteiger partial charge < -0.3 is 10.0 Å². The summed E-state index contributed by atoms with van der Waals surface area (Å²) in [6.45, 7) is 1.16. The van der Waals surface area contributed by atoms with Crippen LogP contribution in [0.25, 0.3) is 22.2 Å². The summed E-state index contributed by atoms with van der Waals surface area (Å²) in [6.07, 6.45) is 3.36. The number of aliphatic hydroxyl groups is 1. The molecule has 1 N–H and O–H groups in total. The highest BCUT2D eigenvalue weighted by atomic mass is 35.5. The molecule has 3 aromatic rings. The lowest BCUT2D eigenvalue weighted by molar-refractivity contribution is 0.240. The van der Waals surface area contributed by atoms with E-state index in [4.69, 9.17) is 16.6 Å². The number of nitrogens with zero attached hydrogens (tertiary/aromatic N) is 2. The Balaban J connectivity index is 1.88. The summed E-state index contributed by atoms with van der Waals surface area (Å²) in [5, 5.41) is 11.7. The Morgan fingerprint density at radius 3 is 2.68 bits per heavy atom. The molecule has 2 aromatic carbocycles. The molecule has 4 rings (SSSR count). The normalized spacial score (nSPS) is 17.8. The van der Waals surface area contributed by atoms with E-state index in [1.807, 2.05) is 36.4 Å². The van der Waals surface area contributed by atoms with Crippen LogP contribution >= 0.6 is 11.6 Å². The van der Waals surface area contributed by atoms with Crippen molar-refractivity contribution < 1.29 is 5.11 Å². The van der Waals surface area contributed by atoms with Gasteiger partial charge in [0.2, 0.25) is 0 Å². The van der Waals surface area contributed by atoms with Crippen LogP contribution in [0.2, 0.25) is 5.02 Å². The van der Waals surface area contributed by atoms with E-state index in [2.05, 4.69) is 23.1 Å². The van der Waals surface area contributed by atoms with Gasteiger partial charge in [0.15, 0.2) is 0 Å². The Morgan fingerprint density at radius 1 is 1.08 bits per heavy atom. The number of halogens is 1. The van der Waals surface area contributed by atoms with Crippen molar-refractivity contribution in [2.75, 3.05) is 18.1 Å². The van der Waals surface area contributed by atoms with Gasteiger partial charge in [0.05, 0.1) is 23.9 Å². The van der Waals surface area contributed by atoms with Crippen molar-refractivity contribution in [2.24, 2.45) is 0 Å². The minimum atomic E-state index is 0.178. The molecule has 0 amide bonds. The summed E-state index contributed by atoms with van der Waals surface area (Å²) in [7, 11) is 0. The third-order valence-corrected chi connectivity index (χ3v) is 5.23. The summed E-state index contributed by atoms with van der Waals surface area (Å²) in [6, 6.07) is 18.4. The van der Waals surface area contributed by atoms with Crippen molar-refractivity contribution in [1.82, 2.24) is 4.98 Å². The molecule has 0 bridgehead atoms. The average molecular weight is 353 g/mol. The molecule has 4 heteroatoms. The molecular formula is C21H21ClN2O. The van der Waals surface area contributed by atoms with Crippen molar-refractivity contribution >= 4 is 28.2 Å². The molecule has 1 saturated heterocycles. The first-order valence-corrected chi connectivity index (χ1v) is 9.17. The van der Waals surface area contributed by atoms with Gasteiger partial charge in [-0.25, -0.2) is 4.98 Å². The molecule has 3 nitrogen and oxygen atoms in total. The Bertz CT molecular complexity index is 879. The number of aromatic nitrogens is 1. The standard InChI is InChI=1S/C21H21ClN2O/c22-16-10-8-15(9-11-16)20-13-21(18-6-1-2-7-19(18)23-20)24-12-4-3-5-17(24)14-25/h1-2,6-11,13,17,25H,3-5,12,14H2. The number of pyridine rings is 1. The van der Waals surface area contributed by atoms with E-state index in [1.54, 1.807) is 0 Å². The van der Waals surface area contributed by atoms with Gasteiger partial charge in [-0.15, -0.1) is 0 Å². The van der Waals surface area contributed by atoms with Crippen LogP contribution in [-0.4, -0.2) is 29.3 Å². The molecule has 1 aromatic heterocycles. The first-order valence-electron chi connectivity index (χ1n) is 8.79. The largest absolute Gasteiger partial charge is 0.394 e. The van der Waals surface area contributed by atoms with Crippen molar-refractivity contribution in [3.05, 3.63) is 59.6 Å². The van der Waals surface area contributed by atoms with Gasteiger partial charge >= 0.3 is 0 Å². The Kier molecular flexibility index (Phi) is 4.60. The number of fused-ring (bicyclic) bond motifs is 1. The molecule has 0 aliphatic carbocycles. The minimum absolute atomic E-state index is 0.178. The predicted molar refractivity (Wildman–Crippen MR) is 104 cm³/mol. The van der Waals surface area contributed by atoms with Gasteiger partial charge in [-0.2, -0.15) is 0 Å². The summed E-state index contributed by atoms with van der Waals surface area (Å²) in [5.74, 6) is 0. The molecule has 0 spiro atoms. The van der Waals surface area contributed by atoms with Gasteiger partial charge in [0, 0.05) is 28.2 Å². The molecule has 1 aliphatic heterocycles. The number of piperidine rings is 1. The lowest BCUT2D eigenvalue weighted by atomic mass is 9.99. The van der Waals surface area contributed by atoms with Crippen molar-refractivity contribution in [1.29, 1.82) is 0 Å². The molecule has 2 heterocycles. The monoisotopic (exact) mass is 352 g/mol. The second-order valence-electron chi connectivity index (χ2n) is 6.58. The van der Waals surface area contributed by atoms with Gasteiger partial charge in [0.1, 0.15) is 0 Å². The zero-order valence-electron chi connectivity index (χ0n) is 14.0. The van der Waals surface area contributed by atoms with E-state index >= 15 is 0 Å². The minimum Gasteiger partial charge on any atom is -0.394 e. The molecule has 0 radical (unpaired) electrons. The SMILES string of the molecule is OCC1CCCCN1c1cc(-c2ccc(Cl)cc2)nc2ccccc12. The van der Waals surface area contributed by atoms with Gasteiger partial charge in [-0.3, -0.25) is 0 Å². The maximum absolute atomic E-state index is 9.84. The molecule has 0 saturated carbocycles. The third kappa shape index (κ3) is 3.22. The fourth-order valence-electron chi connectivity index (χ4n) is 3.67. The molecule has 1 atom stereocenters. The van der Waals surface area contributed by atoms with Crippen molar-refractivity contribution in [3.63, 3.8) is 0 Å². The van der Waals surface area contributed by atoms with Crippen molar-refractivity contribution in [2.45, 2.75) is 25.3 Å². The van der Waals surface area contributed by atoms with Crippen LogP contribution in [0.1, 0.15) is 19.3 Å². The summed E-state index contributed by atoms with van der Waals surface area (Å²) >= 11 is 6.03. The molecule has 1 fully saturated rings. The average Bonchev–Trinajstić information content (AvgIpc) is 2.67. The Morgan fingerprint density at radius 2 is 1.88 bits per heavy atom. The van der Waals surface area contributed by atoms with Crippen LogP contribution in [0.3, 0.4) is 0 Å². The van der Waals surface area contributed by atoms with E-state index < -0.39 is 0 Å². The number of hydrogen-bond acceptors (Lipinski definition) is 3. The van der Waals surface area contributed by atoms with E-state index in [-0.39, 0.29) is 12.6 Å². The smallest absolute Gasteiger partial charge is 0.0730 e. The Hall–Kier alpha value is -2.10. The first-order chi connectivity index (χ1) is 12.3. The van der Waals surface area contributed by atoms with Crippen LogP contribution in [0.15, 0.2) is 54.6 Å². The number of rotatable bonds is 3. The van der Waals surface area contributed by atoms with Crippen LogP contribution in [0.4, 0.5) is 5.69 Å². The number of anilines is 1. The quantitative estimate of drug-likeness (QED) is 0.727. The topological polar surface area (TPSA) is 36.4 Å². The molecular weight excluding hydrogens is 332 g/mol. The number of benzene rings is 2. The molecule has 128 valence electrons. The zero-order valence-corrected chi connectivity index (χ0v) is 14.8. The highest BCUT2D eigenvalue weighted by molar-refractivity contribution is 6.30. The number of hydrogen-bond donors (Lipinski definition) is 1. The number of aliphatic hydroxyl groups excluding tert-OH is 1. The summed E-state index contributed by atoms with van der Waals surface area (Å²) < 4.78 is 0. The van der Waals surface area contributed by atoms with E-state index in [0.29, 0.717) is 0 Å². The maximum atomic E-state index is 9.84. The molecule has 25 heavy (non-hydrogen) atoms. The Labute approximate surface area is 152 Å². The van der Waals surface area contributed by atoms with Crippen LogP contribution in [0, 0.1) is 0 Å². The first kappa shape index (κ1) is 16.4. The predicted octanol–water partition coefficient (Wildman–Crippen LogP) is 4.91. The highest BCUT2D eigenvalue weighted by Gasteiger charge is 2.24. The van der Waals surface area contributed by atoms with E-state index in [0.717, 1.165) is 52.3 Å². The van der Waals surface area contributed by atoms with Crippen LogP contribution in [-0.2, 0) is 0 Å². The summed E-state index contributed by atoms with van der Waals surface area (Å²) in [4.78, 5) is 7.20. The van der Waals surface area contributed by atoms with E-state index in [1.165, 1.54) is 6.42 Å². The fourth-order valence-corrected chi connectivity index (χ4v) is 3.80. The highest BCUT2D eigenvalue weighted by Crippen LogP contribution is 2.34. The fraction of sp³-hybridized carbons (Fsp3) is 0.286. The second-order valence-corrected chi connectivity index (χ2v) is 7.01. The molecule has 1 unspecified atom stereocenters. The van der Waals surface area contributed by atoms with Gasteiger partial charge in [-0.05, 0) is 43.5 Å². The lowest BCUT2D eigenvalue weighted by Crippen LogP contribution is -2.42. The van der Waals surface area contributed by atoms with Gasteiger partial charge in [0.25, 0.3) is 0 Å². The van der Waals surface area contributed by atoms with Gasteiger partial charge in [-0.1, -0.05) is 41.9 Å². The van der Waals surface area contributed by atoms with Crippen LogP contribution in [0.5, 0.6) is 0 Å². The number of para-hydroxylation sites is 1. The lowest BCUT2D eigenvalue weighted by Gasteiger charge is -2.37. The third-order valence-electron chi connectivity index (χ3n) is 4.98. The summed E-state index contributed by atoms with van der Waals surface area (Å²) in [5.41, 5.74) is 4.13. The zero-order chi connectivity index (χ0) is 17.2.